The lowest BCUT2D eigenvalue weighted by Crippen LogP contribution is -2.44. The topological polar surface area (TPSA) is 61.4 Å². The second-order valence-electron chi connectivity index (χ2n) is 7.14. The van der Waals surface area contributed by atoms with Crippen molar-refractivity contribution in [2.24, 2.45) is 0 Å². The quantitative estimate of drug-likeness (QED) is 0.717. The van der Waals surface area contributed by atoms with Crippen LogP contribution in [0.1, 0.15) is 16.8 Å². The fourth-order valence-corrected chi connectivity index (χ4v) is 4.73. The van der Waals surface area contributed by atoms with E-state index in [0.29, 0.717) is 18.5 Å². The van der Waals surface area contributed by atoms with Crippen LogP contribution in [0.3, 0.4) is 0 Å². The van der Waals surface area contributed by atoms with Crippen molar-refractivity contribution in [3.63, 3.8) is 0 Å². The number of hydrogen-bond acceptors (Lipinski definition) is 4. The first-order chi connectivity index (χ1) is 13.7. The van der Waals surface area contributed by atoms with Crippen LogP contribution >= 0.6 is 11.3 Å². The van der Waals surface area contributed by atoms with Gasteiger partial charge in [0.25, 0.3) is 5.91 Å². The molecule has 2 aliphatic heterocycles. The minimum absolute atomic E-state index is 0.00394. The Hall–Kier alpha value is -3.12. The molecular weight excluding hydrogens is 370 g/mol. The van der Waals surface area contributed by atoms with E-state index in [0.717, 1.165) is 16.9 Å². The molecule has 1 fully saturated rings. The minimum Gasteiger partial charge on any atom is -0.356 e. The van der Waals surface area contributed by atoms with E-state index < -0.39 is 0 Å². The van der Waals surface area contributed by atoms with Gasteiger partial charge in [-0.3, -0.25) is 9.59 Å². The van der Waals surface area contributed by atoms with Crippen LogP contribution in [0, 0.1) is 0 Å². The highest BCUT2D eigenvalue weighted by Crippen LogP contribution is 2.36. The summed E-state index contributed by atoms with van der Waals surface area (Å²) in [6.45, 7) is 0.633. The second kappa shape index (κ2) is 6.80. The maximum atomic E-state index is 12.7. The molecule has 3 aromatic rings. The summed E-state index contributed by atoms with van der Waals surface area (Å²) in [7, 11) is 0. The fraction of sp³-hybridized carbons (Fsp3) is 0.182. The zero-order valence-electron chi connectivity index (χ0n) is 15.1. The van der Waals surface area contributed by atoms with Gasteiger partial charge in [0.1, 0.15) is 6.04 Å². The van der Waals surface area contributed by atoms with E-state index in [-0.39, 0.29) is 23.9 Å². The second-order valence-corrected chi connectivity index (χ2v) is 8.08. The van der Waals surface area contributed by atoms with Gasteiger partial charge >= 0.3 is 0 Å². The Balaban J connectivity index is 1.30. The molecule has 0 bridgehead atoms. The molecule has 0 saturated carbocycles. The van der Waals surface area contributed by atoms with E-state index in [1.165, 1.54) is 4.88 Å². The average Bonchev–Trinajstić information content (AvgIpc) is 3.39. The Kier molecular flexibility index (Phi) is 4.13. The van der Waals surface area contributed by atoms with Gasteiger partial charge in [0.15, 0.2) is 0 Å². The van der Waals surface area contributed by atoms with Crippen LogP contribution in [0.15, 0.2) is 66.0 Å². The van der Waals surface area contributed by atoms with Crippen LogP contribution in [-0.4, -0.2) is 30.4 Å². The molecule has 0 aliphatic carbocycles. The zero-order valence-corrected chi connectivity index (χ0v) is 15.9. The van der Waals surface area contributed by atoms with E-state index >= 15 is 0 Å². The summed E-state index contributed by atoms with van der Waals surface area (Å²) in [6.07, 6.45) is 0.610. The molecule has 2 aromatic carbocycles. The summed E-state index contributed by atoms with van der Waals surface area (Å²) < 4.78 is 0. The number of amides is 2. The molecule has 0 radical (unpaired) electrons. The number of benzene rings is 2. The van der Waals surface area contributed by atoms with Crippen molar-refractivity contribution >= 4 is 34.5 Å². The third-order valence-corrected chi connectivity index (χ3v) is 6.28. The van der Waals surface area contributed by atoms with Crippen LogP contribution in [0.5, 0.6) is 0 Å². The van der Waals surface area contributed by atoms with Crippen LogP contribution in [0.25, 0.3) is 10.4 Å². The van der Waals surface area contributed by atoms with Crippen LogP contribution < -0.4 is 15.5 Å². The summed E-state index contributed by atoms with van der Waals surface area (Å²) in [5.74, 6) is -0.105. The number of rotatable bonds is 3. The minimum atomic E-state index is -0.235. The predicted molar refractivity (Wildman–Crippen MR) is 112 cm³/mol. The molecule has 2 amide bonds. The SMILES string of the molecule is O=C(N[C@@H]1C[C@H]2C(=O)Nc3ccccc3N2C1)c1ccc(-c2cccs2)cc1. The molecule has 140 valence electrons. The number of para-hydroxylation sites is 2. The van der Waals surface area contributed by atoms with Gasteiger partial charge in [-0.25, -0.2) is 0 Å². The number of carbonyl (C=O) groups excluding carboxylic acids is 2. The molecule has 0 spiro atoms. The lowest BCUT2D eigenvalue weighted by Gasteiger charge is -2.32. The lowest BCUT2D eigenvalue weighted by molar-refractivity contribution is -0.117. The first-order valence-corrected chi connectivity index (χ1v) is 10.2. The average molecular weight is 389 g/mol. The molecule has 3 heterocycles. The lowest BCUT2D eigenvalue weighted by atomic mass is 10.1. The van der Waals surface area contributed by atoms with Crippen molar-refractivity contribution in [2.45, 2.75) is 18.5 Å². The van der Waals surface area contributed by atoms with Crippen molar-refractivity contribution in [1.82, 2.24) is 5.32 Å². The molecule has 2 aliphatic rings. The normalized spacial score (nSPS) is 20.3. The van der Waals surface area contributed by atoms with E-state index in [4.69, 9.17) is 0 Å². The summed E-state index contributed by atoms with van der Waals surface area (Å²) in [4.78, 5) is 28.4. The van der Waals surface area contributed by atoms with Crippen molar-refractivity contribution in [3.05, 3.63) is 71.6 Å². The monoisotopic (exact) mass is 389 g/mol. The number of nitrogens with one attached hydrogen (secondary N) is 2. The third kappa shape index (κ3) is 2.96. The molecule has 5 rings (SSSR count). The van der Waals surface area contributed by atoms with E-state index in [9.17, 15) is 9.59 Å². The maximum Gasteiger partial charge on any atom is 0.251 e. The number of carbonyl (C=O) groups is 2. The van der Waals surface area contributed by atoms with E-state index in [1.54, 1.807) is 11.3 Å². The molecule has 2 atom stereocenters. The van der Waals surface area contributed by atoms with Crippen molar-refractivity contribution in [3.8, 4) is 10.4 Å². The molecular formula is C22H19N3O2S. The van der Waals surface area contributed by atoms with Gasteiger partial charge in [0.2, 0.25) is 5.91 Å². The third-order valence-electron chi connectivity index (χ3n) is 5.36. The molecule has 1 aromatic heterocycles. The summed E-state index contributed by atoms with van der Waals surface area (Å²) >= 11 is 1.68. The van der Waals surface area contributed by atoms with Gasteiger partial charge in [-0.05, 0) is 47.7 Å². The number of hydrogen-bond donors (Lipinski definition) is 2. The number of nitrogens with zero attached hydrogens (tertiary/aromatic N) is 1. The van der Waals surface area contributed by atoms with Gasteiger partial charge in [0, 0.05) is 23.0 Å². The highest BCUT2D eigenvalue weighted by Gasteiger charge is 2.41. The Morgan fingerprint density at radius 2 is 1.89 bits per heavy atom. The van der Waals surface area contributed by atoms with Crippen molar-refractivity contribution in [2.75, 3.05) is 16.8 Å². The van der Waals surface area contributed by atoms with Crippen molar-refractivity contribution < 1.29 is 9.59 Å². The largest absolute Gasteiger partial charge is 0.356 e. The fourth-order valence-electron chi connectivity index (χ4n) is 4.00. The molecule has 1 saturated heterocycles. The van der Waals surface area contributed by atoms with Gasteiger partial charge in [-0.15, -0.1) is 11.3 Å². The number of anilines is 2. The zero-order chi connectivity index (χ0) is 19.1. The van der Waals surface area contributed by atoms with Crippen LogP contribution in [0.2, 0.25) is 0 Å². The highest BCUT2D eigenvalue weighted by molar-refractivity contribution is 7.13. The Morgan fingerprint density at radius 1 is 1.07 bits per heavy atom. The first kappa shape index (κ1) is 17.0. The van der Waals surface area contributed by atoms with Crippen LogP contribution in [-0.2, 0) is 4.79 Å². The Bertz CT molecular complexity index is 1030. The smallest absolute Gasteiger partial charge is 0.251 e. The van der Waals surface area contributed by atoms with Gasteiger partial charge < -0.3 is 15.5 Å². The molecule has 2 N–H and O–H groups in total. The van der Waals surface area contributed by atoms with Gasteiger partial charge in [-0.2, -0.15) is 0 Å². The Labute approximate surface area is 167 Å². The molecule has 0 unspecified atom stereocenters. The van der Waals surface area contributed by atoms with Gasteiger partial charge in [-0.1, -0.05) is 30.3 Å². The molecule has 6 heteroatoms. The van der Waals surface area contributed by atoms with Gasteiger partial charge in [0.05, 0.1) is 11.4 Å². The van der Waals surface area contributed by atoms with Crippen LogP contribution in [0.4, 0.5) is 11.4 Å². The standard InChI is InChI=1S/C22H19N3O2S/c26-21(15-9-7-14(8-10-15)20-6-3-11-28-20)23-16-12-19-22(27)24-17-4-1-2-5-18(17)25(19)13-16/h1-11,16,19H,12-13H2,(H,23,26)(H,24,27)/t16-,19+/m1/s1. The van der Waals surface area contributed by atoms with E-state index in [1.807, 2.05) is 60.0 Å². The molecule has 5 nitrogen and oxygen atoms in total. The first-order valence-electron chi connectivity index (χ1n) is 9.30. The Morgan fingerprint density at radius 3 is 2.68 bits per heavy atom. The van der Waals surface area contributed by atoms with Crippen molar-refractivity contribution in [1.29, 1.82) is 0 Å². The maximum absolute atomic E-state index is 12.7. The molecule has 28 heavy (non-hydrogen) atoms. The number of thiophene rings is 1. The predicted octanol–water partition coefficient (Wildman–Crippen LogP) is 3.74. The summed E-state index contributed by atoms with van der Waals surface area (Å²) in [5, 5.41) is 8.10. The van der Waals surface area contributed by atoms with E-state index in [2.05, 4.69) is 21.6 Å². The summed E-state index contributed by atoms with van der Waals surface area (Å²) in [6, 6.07) is 19.2. The number of fused-ring (bicyclic) bond motifs is 3. The highest BCUT2D eigenvalue weighted by atomic mass is 32.1. The summed E-state index contributed by atoms with van der Waals surface area (Å²) in [5.41, 5.74) is 3.59.